The number of anilines is 1. The first-order valence-electron chi connectivity index (χ1n) is 11.8. The SMILES string of the molecule is C=CC(=O)N(C)CC#Cc1c(N)ncnc1-c1cc(F)cc(-n2cnc3cc(C4CC4)cc(F)c3c2=O)c1. The van der Waals surface area contributed by atoms with Crippen LogP contribution in [0.2, 0.25) is 0 Å². The fourth-order valence-corrected chi connectivity index (χ4v) is 4.13. The van der Waals surface area contributed by atoms with Gasteiger partial charge in [-0.15, -0.1) is 0 Å². The number of nitrogen functional groups attached to an aromatic ring is 1. The van der Waals surface area contributed by atoms with Crippen molar-refractivity contribution >= 4 is 22.6 Å². The molecule has 1 fully saturated rings. The van der Waals surface area contributed by atoms with Crippen LogP contribution in [0.3, 0.4) is 0 Å². The number of halogens is 2. The summed E-state index contributed by atoms with van der Waals surface area (Å²) in [5, 5.41) is -0.168. The van der Waals surface area contributed by atoms with Crippen molar-refractivity contribution in [1.29, 1.82) is 0 Å². The summed E-state index contributed by atoms with van der Waals surface area (Å²) in [6.07, 6.45) is 5.60. The minimum Gasteiger partial charge on any atom is -0.383 e. The van der Waals surface area contributed by atoms with Crippen molar-refractivity contribution in [3.8, 4) is 28.8 Å². The Labute approximate surface area is 216 Å². The number of nitrogens with two attached hydrogens (primary N) is 1. The highest BCUT2D eigenvalue weighted by atomic mass is 19.1. The molecule has 0 spiro atoms. The third-order valence-corrected chi connectivity index (χ3v) is 6.28. The first kappa shape index (κ1) is 24.8. The molecule has 190 valence electrons. The summed E-state index contributed by atoms with van der Waals surface area (Å²) < 4.78 is 30.9. The van der Waals surface area contributed by atoms with Crippen LogP contribution < -0.4 is 11.3 Å². The Hall–Kier alpha value is -4.91. The van der Waals surface area contributed by atoms with E-state index in [1.807, 2.05) is 0 Å². The van der Waals surface area contributed by atoms with E-state index in [4.69, 9.17) is 5.73 Å². The minimum atomic E-state index is -0.665. The maximum Gasteiger partial charge on any atom is 0.268 e. The lowest BCUT2D eigenvalue weighted by Gasteiger charge is -2.12. The second-order valence-electron chi connectivity index (χ2n) is 8.97. The molecular weight excluding hydrogens is 490 g/mol. The second kappa shape index (κ2) is 9.86. The van der Waals surface area contributed by atoms with Gasteiger partial charge in [0.15, 0.2) is 0 Å². The molecule has 5 rings (SSSR count). The predicted molar refractivity (Wildman–Crippen MR) is 139 cm³/mol. The first-order valence-corrected chi connectivity index (χ1v) is 11.8. The topological polar surface area (TPSA) is 107 Å². The van der Waals surface area contributed by atoms with E-state index in [1.54, 1.807) is 13.1 Å². The fraction of sp³-hybridized carbons (Fsp3) is 0.179. The van der Waals surface area contributed by atoms with Crippen LogP contribution in [0.4, 0.5) is 14.6 Å². The standard InChI is InChI=1S/C28H22F2N6O2/c1-3-24(37)35(2)8-4-5-21-26(32-14-33-27(21)31)18-9-19(29)13-20(10-18)36-15-34-23-12-17(16-6-7-16)11-22(30)25(23)28(36)38/h3,9-16H,1,6-8H2,2H3,(H2,31,32,33). The van der Waals surface area contributed by atoms with Crippen molar-refractivity contribution in [3.05, 3.63) is 88.8 Å². The molecule has 38 heavy (non-hydrogen) atoms. The molecule has 1 aliphatic carbocycles. The van der Waals surface area contributed by atoms with Gasteiger partial charge in [-0.05, 0) is 60.7 Å². The van der Waals surface area contributed by atoms with Crippen LogP contribution in [-0.4, -0.2) is 43.9 Å². The van der Waals surface area contributed by atoms with Crippen molar-refractivity contribution in [2.75, 3.05) is 19.3 Å². The summed E-state index contributed by atoms with van der Waals surface area (Å²) in [6.45, 7) is 3.52. The van der Waals surface area contributed by atoms with Crippen LogP contribution in [0.25, 0.3) is 27.8 Å². The van der Waals surface area contributed by atoms with Gasteiger partial charge in [0.1, 0.15) is 35.5 Å². The van der Waals surface area contributed by atoms with Gasteiger partial charge in [-0.25, -0.2) is 23.7 Å². The number of carbonyl (C=O) groups excluding carboxylic acids is 1. The summed E-state index contributed by atoms with van der Waals surface area (Å²) in [5.41, 5.74) is 7.30. The molecule has 10 heteroatoms. The zero-order chi connectivity index (χ0) is 27.0. The molecule has 8 nitrogen and oxygen atoms in total. The monoisotopic (exact) mass is 512 g/mol. The highest BCUT2D eigenvalue weighted by Gasteiger charge is 2.25. The lowest BCUT2D eigenvalue weighted by molar-refractivity contribution is -0.124. The quantitative estimate of drug-likeness (QED) is 0.324. The van der Waals surface area contributed by atoms with Gasteiger partial charge in [-0.2, -0.15) is 0 Å². The Kier molecular flexibility index (Phi) is 6.43. The van der Waals surface area contributed by atoms with Gasteiger partial charge in [-0.1, -0.05) is 18.4 Å². The number of likely N-dealkylation sites (N-methyl/N-ethyl adjacent to an activating group) is 1. The molecule has 0 bridgehead atoms. The number of carbonyl (C=O) groups is 1. The smallest absolute Gasteiger partial charge is 0.268 e. The zero-order valence-electron chi connectivity index (χ0n) is 20.4. The number of rotatable bonds is 5. The number of hydrogen-bond donors (Lipinski definition) is 1. The summed E-state index contributed by atoms with van der Waals surface area (Å²) in [6, 6.07) is 6.97. The Bertz CT molecular complexity index is 1730. The number of hydrogen-bond acceptors (Lipinski definition) is 6. The van der Waals surface area contributed by atoms with Crippen LogP contribution in [0.15, 0.2) is 60.4 Å². The number of amides is 1. The second-order valence-corrected chi connectivity index (χ2v) is 8.97. The molecule has 2 aromatic heterocycles. The summed E-state index contributed by atoms with van der Waals surface area (Å²) >= 11 is 0. The normalized spacial score (nSPS) is 12.6. The molecule has 2 N–H and O–H groups in total. The molecule has 0 unspecified atom stereocenters. The van der Waals surface area contributed by atoms with Gasteiger partial charge >= 0.3 is 0 Å². The fourth-order valence-electron chi connectivity index (χ4n) is 4.13. The van der Waals surface area contributed by atoms with E-state index in [0.29, 0.717) is 5.92 Å². The predicted octanol–water partition coefficient (Wildman–Crippen LogP) is 3.58. The van der Waals surface area contributed by atoms with Crippen molar-refractivity contribution in [2.24, 2.45) is 0 Å². The van der Waals surface area contributed by atoms with Gasteiger partial charge in [0.05, 0.1) is 29.0 Å². The molecule has 1 saturated carbocycles. The Balaban J connectivity index is 1.58. The third-order valence-electron chi connectivity index (χ3n) is 6.28. The van der Waals surface area contributed by atoms with E-state index in [9.17, 15) is 18.4 Å². The molecule has 0 aliphatic heterocycles. The number of aromatic nitrogens is 4. The molecule has 1 amide bonds. The lowest BCUT2D eigenvalue weighted by atomic mass is 10.0. The first-order chi connectivity index (χ1) is 18.3. The molecule has 1 aliphatic rings. The van der Waals surface area contributed by atoms with Crippen molar-refractivity contribution in [1.82, 2.24) is 24.4 Å². The van der Waals surface area contributed by atoms with E-state index in [2.05, 4.69) is 33.4 Å². The minimum absolute atomic E-state index is 0.0593. The van der Waals surface area contributed by atoms with Gasteiger partial charge < -0.3 is 10.6 Å². The maximum atomic E-state index is 15.0. The molecule has 0 atom stereocenters. The summed E-state index contributed by atoms with van der Waals surface area (Å²) in [4.78, 5) is 38.8. The van der Waals surface area contributed by atoms with Crippen LogP contribution >= 0.6 is 0 Å². The number of benzene rings is 2. The van der Waals surface area contributed by atoms with Gasteiger partial charge in [0.2, 0.25) is 5.91 Å². The molecule has 0 radical (unpaired) electrons. The lowest BCUT2D eigenvalue weighted by Crippen LogP contribution is -2.24. The number of fused-ring (bicyclic) bond motifs is 1. The summed E-state index contributed by atoms with van der Waals surface area (Å²) in [7, 11) is 1.56. The Morgan fingerprint density at radius 1 is 1.21 bits per heavy atom. The highest BCUT2D eigenvalue weighted by molar-refractivity contribution is 5.87. The summed E-state index contributed by atoms with van der Waals surface area (Å²) in [5.74, 6) is 4.40. The highest BCUT2D eigenvalue weighted by Crippen LogP contribution is 2.41. The van der Waals surface area contributed by atoms with Gasteiger partial charge in [-0.3, -0.25) is 14.2 Å². The average molecular weight is 513 g/mol. The van der Waals surface area contributed by atoms with Crippen LogP contribution in [0, 0.1) is 23.5 Å². The van der Waals surface area contributed by atoms with Crippen molar-refractivity contribution in [2.45, 2.75) is 18.8 Å². The molecule has 4 aromatic rings. The zero-order valence-corrected chi connectivity index (χ0v) is 20.4. The Morgan fingerprint density at radius 3 is 2.74 bits per heavy atom. The molecular formula is C28H22F2N6O2. The molecule has 0 saturated heterocycles. The number of nitrogens with zero attached hydrogens (tertiary/aromatic N) is 5. The van der Waals surface area contributed by atoms with E-state index in [-0.39, 0.29) is 51.7 Å². The molecule has 2 aromatic carbocycles. The Morgan fingerprint density at radius 2 is 2.00 bits per heavy atom. The van der Waals surface area contributed by atoms with Crippen molar-refractivity contribution in [3.63, 3.8) is 0 Å². The van der Waals surface area contributed by atoms with E-state index >= 15 is 0 Å². The van der Waals surface area contributed by atoms with Crippen molar-refractivity contribution < 1.29 is 13.6 Å². The maximum absolute atomic E-state index is 15.0. The third kappa shape index (κ3) is 4.74. The van der Waals surface area contributed by atoms with Gasteiger partial charge in [0, 0.05) is 12.6 Å². The van der Waals surface area contributed by atoms with E-state index in [1.165, 1.54) is 41.8 Å². The van der Waals surface area contributed by atoms with Gasteiger partial charge in [0.25, 0.3) is 5.56 Å². The largest absolute Gasteiger partial charge is 0.383 e. The van der Waals surface area contributed by atoms with E-state index in [0.717, 1.165) is 29.0 Å². The molecule has 2 heterocycles. The van der Waals surface area contributed by atoms with Crippen LogP contribution in [0.5, 0.6) is 0 Å². The average Bonchev–Trinajstić information content (AvgIpc) is 3.74. The van der Waals surface area contributed by atoms with Crippen LogP contribution in [0.1, 0.15) is 29.9 Å². The van der Waals surface area contributed by atoms with Crippen LogP contribution in [-0.2, 0) is 4.79 Å². The van der Waals surface area contributed by atoms with E-state index < -0.39 is 17.2 Å².